The van der Waals surface area contributed by atoms with Crippen molar-refractivity contribution in [3.05, 3.63) is 64.2 Å². The molecular formula is C22H26FN3O. The number of aryl methyl sites for hydroxylation is 1. The Bertz CT molecular complexity index is 887. The summed E-state index contributed by atoms with van der Waals surface area (Å²) < 4.78 is 15.8. The van der Waals surface area contributed by atoms with Crippen LogP contribution in [0.1, 0.15) is 36.4 Å². The average molecular weight is 367 g/mol. The molecule has 0 radical (unpaired) electrons. The largest absolute Gasteiger partial charge is 0.351 e. The maximum atomic E-state index is 13.6. The van der Waals surface area contributed by atoms with Crippen LogP contribution >= 0.6 is 0 Å². The Balaban J connectivity index is 2.08. The Morgan fingerprint density at radius 1 is 1.33 bits per heavy atom. The van der Waals surface area contributed by atoms with E-state index >= 15 is 0 Å². The van der Waals surface area contributed by atoms with E-state index in [2.05, 4.69) is 23.7 Å². The smallest absolute Gasteiger partial charge is 0.261 e. The molecule has 142 valence electrons. The second-order valence-electron chi connectivity index (χ2n) is 7.10. The zero-order valence-electron chi connectivity index (χ0n) is 16.3. The molecule has 0 saturated heterocycles. The number of rotatable bonds is 7. The lowest BCUT2D eigenvalue weighted by Crippen LogP contribution is -2.27. The topological polar surface area (TPSA) is 57.8 Å². The molecule has 0 fully saturated rings. The molecule has 5 heteroatoms. The summed E-state index contributed by atoms with van der Waals surface area (Å²) in [5.41, 5.74) is 3.60. The van der Waals surface area contributed by atoms with Gasteiger partial charge in [-0.15, -0.1) is 0 Å². The average Bonchev–Trinajstić information content (AvgIpc) is 2.88. The Morgan fingerprint density at radius 3 is 2.67 bits per heavy atom. The summed E-state index contributed by atoms with van der Waals surface area (Å²) in [5.74, 6) is -0.230. The maximum absolute atomic E-state index is 13.6. The van der Waals surface area contributed by atoms with E-state index in [0.29, 0.717) is 17.9 Å². The van der Waals surface area contributed by atoms with Gasteiger partial charge in [0.2, 0.25) is 0 Å². The molecule has 1 aromatic carbocycles. The van der Waals surface area contributed by atoms with Gasteiger partial charge in [-0.2, -0.15) is 5.26 Å². The van der Waals surface area contributed by atoms with Crippen LogP contribution in [-0.2, 0) is 17.8 Å². The van der Waals surface area contributed by atoms with Crippen molar-refractivity contribution in [1.82, 2.24) is 9.88 Å². The van der Waals surface area contributed by atoms with Crippen molar-refractivity contribution in [2.45, 2.75) is 40.7 Å². The predicted molar refractivity (Wildman–Crippen MR) is 105 cm³/mol. The number of hydrogen-bond donors (Lipinski definition) is 1. The van der Waals surface area contributed by atoms with Crippen molar-refractivity contribution < 1.29 is 9.18 Å². The van der Waals surface area contributed by atoms with Crippen molar-refractivity contribution in [2.24, 2.45) is 5.92 Å². The third kappa shape index (κ3) is 5.30. The first-order valence-corrected chi connectivity index (χ1v) is 9.13. The monoisotopic (exact) mass is 367 g/mol. The molecule has 1 aromatic heterocycles. The fourth-order valence-corrected chi connectivity index (χ4v) is 3.03. The van der Waals surface area contributed by atoms with Crippen LogP contribution in [0, 0.1) is 36.9 Å². The molecule has 2 rings (SSSR count). The minimum Gasteiger partial charge on any atom is -0.351 e. The number of hydrogen-bond acceptors (Lipinski definition) is 2. The summed E-state index contributed by atoms with van der Waals surface area (Å²) in [6.07, 6.45) is 2.00. The molecule has 0 aliphatic heterocycles. The molecule has 1 amide bonds. The van der Waals surface area contributed by atoms with E-state index < -0.39 is 5.91 Å². The normalized spacial score (nSPS) is 11.5. The standard InChI is InChI=1S/C22H26FN3O/c1-15(2)14-26-16(3)11-19(17(26)4)12-20(13-24)22(27)25-10-9-18-7-5-6-8-21(18)23/h5-8,11-12,15H,9-10,14H2,1-4H3,(H,25,27)/b20-12-. The SMILES string of the molecule is Cc1cc(/C=C(/C#N)C(=O)NCCc2ccccc2F)c(C)n1CC(C)C. The minimum atomic E-state index is -0.442. The second-order valence-corrected chi connectivity index (χ2v) is 7.10. The molecule has 0 atom stereocenters. The number of benzene rings is 1. The van der Waals surface area contributed by atoms with Gasteiger partial charge in [0.25, 0.3) is 5.91 Å². The molecule has 0 bridgehead atoms. The summed E-state index contributed by atoms with van der Waals surface area (Å²) in [6.45, 7) is 9.48. The summed E-state index contributed by atoms with van der Waals surface area (Å²) in [4.78, 5) is 12.3. The zero-order chi connectivity index (χ0) is 20.0. The summed E-state index contributed by atoms with van der Waals surface area (Å²) in [7, 11) is 0. The van der Waals surface area contributed by atoms with E-state index in [1.54, 1.807) is 24.3 Å². The third-order valence-electron chi connectivity index (χ3n) is 4.46. The highest BCUT2D eigenvalue weighted by Crippen LogP contribution is 2.19. The second kappa shape index (κ2) is 9.18. The van der Waals surface area contributed by atoms with Crippen molar-refractivity contribution in [3.8, 4) is 6.07 Å². The predicted octanol–water partition coefficient (Wildman–Crippen LogP) is 4.17. The van der Waals surface area contributed by atoms with E-state index in [9.17, 15) is 14.4 Å². The van der Waals surface area contributed by atoms with Gasteiger partial charge in [0.15, 0.2) is 0 Å². The van der Waals surface area contributed by atoms with E-state index in [-0.39, 0.29) is 17.9 Å². The van der Waals surface area contributed by atoms with Gasteiger partial charge in [0, 0.05) is 24.5 Å². The molecule has 2 aromatic rings. The number of carbonyl (C=O) groups excluding carboxylic acids is 1. The van der Waals surface area contributed by atoms with Crippen LogP contribution in [0.15, 0.2) is 35.9 Å². The van der Waals surface area contributed by atoms with Crippen molar-refractivity contribution in [1.29, 1.82) is 5.26 Å². The quantitative estimate of drug-likeness (QED) is 0.590. The van der Waals surface area contributed by atoms with E-state index in [4.69, 9.17) is 0 Å². The van der Waals surface area contributed by atoms with Crippen LogP contribution in [0.2, 0.25) is 0 Å². The summed E-state index contributed by atoms with van der Waals surface area (Å²) in [6, 6.07) is 10.4. The van der Waals surface area contributed by atoms with E-state index in [1.807, 2.05) is 26.0 Å². The zero-order valence-corrected chi connectivity index (χ0v) is 16.3. The molecule has 1 N–H and O–H groups in total. The highest BCUT2D eigenvalue weighted by molar-refractivity contribution is 6.01. The van der Waals surface area contributed by atoms with Crippen LogP contribution in [0.3, 0.4) is 0 Å². The Labute approximate surface area is 160 Å². The summed E-state index contributed by atoms with van der Waals surface area (Å²) in [5, 5.41) is 12.1. The van der Waals surface area contributed by atoms with Crippen LogP contribution in [0.4, 0.5) is 4.39 Å². The first-order chi connectivity index (χ1) is 12.8. The number of halogens is 1. The van der Waals surface area contributed by atoms with Crippen molar-refractivity contribution >= 4 is 12.0 Å². The van der Waals surface area contributed by atoms with E-state index in [0.717, 1.165) is 23.5 Å². The van der Waals surface area contributed by atoms with Gasteiger partial charge in [-0.3, -0.25) is 4.79 Å². The van der Waals surface area contributed by atoms with Gasteiger partial charge >= 0.3 is 0 Å². The first-order valence-electron chi connectivity index (χ1n) is 9.13. The molecule has 1 heterocycles. The fourth-order valence-electron chi connectivity index (χ4n) is 3.03. The lowest BCUT2D eigenvalue weighted by molar-refractivity contribution is -0.117. The molecular weight excluding hydrogens is 341 g/mol. The number of nitriles is 1. The highest BCUT2D eigenvalue weighted by atomic mass is 19.1. The minimum absolute atomic E-state index is 0.0494. The number of aromatic nitrogens is 1. The van der Waals surface area contributed by atoms with Gasteiger partial charge in [0.1, 0.15) is 17.5 Å². The molecule has 0 aliphatic rings. The summed E-state index contributed by atoms with van der Waals surface area (Å²) >= 11 is 0. The fraction of sp³-hybridized carbons (Fsp3) is 0.364. The molecule has 4 nitrogen and oxygen atoms in total. The van der Waals surface area contributed by atoms with E-state index in [1.165, 1.54) is 6.07 Å². The lowest BCUT2D eigenvalue weighted by atomic mass is 10.1. The Morgan fingerprint density at radius 2 is 2.04 bits per heavy atom. The van der Waals surface area contributed by atoms with Crippen LogP contribution in [0.5, 0.6) is 0 Å². The van der Waals surface area contributed by atoms with Crippen LogP contribution in [0.25, 0.3) is 6.08 Å². The van der Waals surface area contributed by atoms with Gasteiger partial charge in [-0.05, 0) is 55.5 Å². The van der Waals surface area contributed by atoms with Crippen molar-refractivity contribution in [2.75, 3.05) is 6.54 Å². The lowest BCUT2D eigenvalue weighted by Gasteiger charge is -2.12. The molecule has 0 unspecified atom stereocenters. The van der Waals surface area contributed by atoms with Gasteiger partial charge in [-0.1, -0.05) is 32.0 Å². The Hall–Kier alpha value is -2.87. The number of nitrogens with one attached hydrogen (secondary N) is 1. The van der Waals surface area contributed by atoms with Gasteiger partial charge in [0.05, 0.1) is 0 Å². The van der Waals surface area contributed by atoms with Crippen LogP contribution < -0.4 is 5.32 Å². The number of carbonyl (C=O) groups is 1. The van der Waals surface area contributed by atoms with Crippen LogP contribution in [-0.4, -0.2) is 17.0 Å². The molecule has 0 aliphatic carbocycles. The molecule has 0 spiro atoms. The Kier molecular flexibility index (Phi) is 6.95. The molecule has 0 saturated carbocycles. The van der Waals surface area contributed by atoms with Gasteiger partial charge < -0.3 is 9.88 Å². The maximum Gasteiger partial charge on any atom is 0.261 e. The number of amides is 1. The third-order valence-corrected chi connectivity index (χ3v) is 4.46. The number of nitrogens with zero attached hydrogens (tertiary/aromatic N) is 2. The van der Waals surface area contributed by atoms with Gasteiger partial charge in [-0.25, -0.2) is 4.39 Å². The van der Waals surface area contributed by atoms with Crippen molar-refractivity contribution in [3.63, 3.8) is 0 Å². The molecule has 27 heavy (non-hydrogen) atoms. The first kappa shape index (κ1) is 20.4. The highest BCUT2D eigenvalue weighted by Gasteiger charge is 2.13.